The fraction of sp³-hybridized carbons (Fsp3) is 0.545. The number of nitrogens with two attached hydrogens (primary N) is 1. The fourth-order valence-corrected chi connectivity index (χ4v) is 1.19. The van der Waals surface area contributed by atoms with Crippen LogP contribution in [-0.2, 0) is 0 Å². The van der Waals surface area contributed by atoms with Gasteiger partial charge in [0.2, 0.25) is 0 Å². The van der Waals surface area contributed by atoms with Gasteiger partial charge in [-0.2, -0.15) is 0 Å². The minimum Gasteiger partial charge on any atom is -0.396 e. The molecular weight excluding hydrogens is 174 g/mol. The second-order valence-electron chi connectivity index (χ2n) is 4.00. The quantitative estimate of drug-likeness (QED) is 0.772. The van der Waals surface area contributed by atoms with Crippen LogP contribution >= 0.6 is 0 Å². The van der Waals surface area contributed by atoms with E-state index in [1.807, 2.05) is 13.0 Å². The second kappa shape index (κ2) is 4.84. The maximum absolute atomic E-state index is 5.87. The SMILES string of the molecule is Cc1ccnc(NCCC(C)C)c1N. The molecule has 0 bridgehead atoms. The average Bonchev–Trinajstić information content (AvgIpc) is 2.12. The fourth-order valence-electron chi connectivity index (χ4n) is 1.19. The lowest BCUT2D eigenvalue weighted by Gasteiger charge is -2.10. The molecule has 0 radical (unpaired) electrons. The molecule has 1 aromatic heterocycles. The highest BCUT2D eigenvalue weighted by atomic mass is 15.0. The Morgan fingerprint density at radius 3 is 2.86 bits per heavy atom. The predicted molar refractivity (Wildman–Crippen MR) is 61.3 cm³/mol. The number of rotatable bonds is 4. The monoisotopic (exact) mass is 193 g/mol. The molecule has 14 heavy (non-hydrogen) atoms. The molecule has 0 aliphatic carbocycles. The molecule has 1 heterocycles. The molecule has 3 heteroatoms. The van der Waals surface area contributed by atoms with Crippen molar-refractivity contribution in [3.63, 3.8) is 0 Å². The lowest BCUT2D eigenvalue weighted by Crippen LogP contribution is -2.08. The highest BCUT2D eigenvalue weighted by Crippen LogP contribution is 2.18. The first-order chi connectivity index (χ1) is 6.61. The van der Waals surface area contributed by atoms with Crippen LogP contribution in [0, 0.1) is 12.8 Å². The van der Waals surface area contributed by atoms with E-state index < -0.39 is 0 Å². The van der Waals surface area contributed by atoms with Crippen LogP contribution in [-0.4, -0.2) is 11.5 Å². The molecule has 1 rings (SSSR count). The molecule has 3 nitrogen and oxygen atoms in total. The van der Waals surface area contributed by atoms with E-state index in [-0.39, 0.29) is 0 Å². The molecule has 0 fully saturated rings. The van der Waals surface area contributed by atoms with Gasteiger partial charge in [0.15, 0.2) is 0 Å². The lowest BCUT2D eigenvalue weighted by atomic mass is 10.1. The van der Waals surface area contributed by atoms with Crippen molar-refractivity contribution in [3.8, 4) is 0 Å². The maximum atomic E-state index is 5.87. The van der Waals surface area contributed by atoms with Crippen LogP contribution < -0.4 is 11.1 Å². The van der Waals surface area contributed by atoms with Gasteiger partial charge in [-0.1, -0.05) is 13.8 Å². The molecule has 78 valence electrons. The third-order valence-electron chi connectivity index (χ3n) is 2.22. The summed E-state index contributed by atoms with van der Waals surface area (Å²) in [6, 6.07) is 1.92. The van der Waals surface area contributed by atoms with Crippen LogP contribution in [0.1, 0.15) is 25.8 Å². The van der Waals surface area contributed by atoms with Gasteiger partial charge in [-0.25, -0.2) is 4.98 Å². The van der Waals surface area contributed by atoms with Crippen molar-refractivity contribution in [1.29, 1.82) is 0 Å². The van der Waals surface area contributed by atoms with E-state index in [1.165, 1.54) is 0 Å². The second-order valence-corrected chi connectivity index (χ2v) is 4.00. The number of hydrogen-bond acceptors (Lipinski definition) is 3. The topological polar surface area (TPSA) is 50.9 Å². The predicted octanol–water partition coefficient (Wildman–Crippen LogP) is 2.43. The molecule has 0 amide bonds. The maximum Gasteiger partial charge on any atom is 0.149 e. The number of nitrogens with zero attached hydrogens (tertiary/aromatic N) is 1. The van der Waals surface area contributed by atoms with Crippen molar-refractivity contribution in [1.82, 2.24) is 4.98 Å². The third kappa shape index (κ3) is 2.91. The smallest absolute Gasteiger partial charge is 0.149 e. The normalized spacial score (nSPS) is 10.6. The number of pyridine rings is 1. The van der Waals surface area contributed by atoms with E-state index in [1.54, 1.807) is 6.20 Å². The van der Waals surface area contributed by atoms with E-state index >= 15 is 0 Å². The minimum atomic E-state index is 0.702. The van der Waals surface area contributed by atoms with Gasteiger partial charge in [-0.05, 0) is 30.9 Å². The Hall–Kier alpha value is -1.25. The molecule has 1 aromatic rings. The summed E-state index contributed by atoms with van der Waals surface area (Å²) in [6.45, 7) is 7.33. The van der Waals surface area contributed by atoms with Crippen molar-refractivity contribution in [2.45, 2.75) is 27.2 Å². The molecule has 0 atom stereocenters. The third-order valence-corrected chi connectivity index (χ3v) is 2.22. The Labute approximate surface area is 85.7 Å². The van der Waals surface area contributed by atoms with Gasteiger partial charge in [-0.15, -0.1) is 0 Å². The largest absolute Gasteiger partial charge is 0.396 e. The summed E-state index contributed by atoms with van der Waals surface area (Å²) in [4.78, 5) is 4.20. The van der Waals surface area contributed by atoms with Gasteiger partial charge < -0.3 is 11.1 Å². The van der Waals surface area contributed by atoms with Crippen molar-refractivity contribution < 1.29 is 0 Å². The van der Waals surface area contributed by atoms with E-state index in [0.717, 1.165) is 30.0 Å². The number of nitrogen functional groups attached to an aromatic ring is 1. The van der Waals surface area contributed by atoms with Crippen LogP contribution in [0.25, 0.3) is 0 Å². The molecule has 0 spiro atoms. The van der Waals surface area contributed by atoms with Gasteiger partial charge >= 0.3 is 0 Å². The molecule has 0 aromatic carbocycles. The van der Waals surface area contributed by atoms with Gasteiger partial charge in [0, 0.05) is 12.7 Å². The Morgan fingerprint density at radius 1 is 1.50 bits per heavy atom. The van der Waals surface area contributed by atoms with Crippen molar-refractivity contribution >= 4 is 11.5 Å². The Balaban J connectivity index is 2.54. The van der Waals surface area contributed by atoms with E-state index in [2.05, 4.69) is 24.1 Å². The first-order valence-corrected chi connectivity index (χ1v) is 5.06. The zero-order valence-corrected chi connectivity index (χ0v) is 9.17. The number of hydrogen-bond donors (Lipinski definition) is 2. The van der Waals surface area contributed by atoms with Crippen LogP contribution in [0.3, 0.4) is 0 Å². The van der Waals surface area contributed by atoms with E-state index in [9.17, 15) is 0 Å². The summed E-state index contributed by atoms with van der Waals surface area (Å²) in [5.74, 6) is 1.51. The number of nitrogens with one attached hydrogen (secondary N) is 1. The standard InChI is InChI=1S/C11H19N3/c1-8(2)4-6-13-11-10(12)9(3)5-7-14-11/h5,7-8H,4,6,12H2,1-3H3,(H,13,14). The molecule has 0 unspecified atom stereocenters. The number of aromatic nitrogens is 1. The molecule has 3 N–H and O–H groups in total. The highest BCUT2D eigenvalue weighted by Gasteiger charge is 2.02. The van der Waals surface area contributed by atoms with Crippen LogP contribution in [0.4, 0.5) is 11.5 Å². The summed E-state index contributed by atoms with van der Waals surface area (Å²) in [5.41, 5.74) is 7.71. The summed E-state index contributed by atoms with van der Waals surface area (Å²) in [5, 5.41) is 3.25. The Bertz CT molecular complexity index is 295. The highest BCUT2D eigenvalue weighted by molar-refractivity contribution is 5.64. The lowest BCUT2D eigenvalue weighted by molar-refractivity contribution is 0.606. The first kappa shape index (κ1) is 10.8. The summed E-state index contributed by atoms with van der Waals surface area (Å²) in [7, 11) is 0. The van der Waals surface area contributed by atoms with Crippen LogP contribution in [0.5, 0.6) is 0 Å². The molecular formula is C11H19N3. The van der Waals surface area contributed by atoms with Gasteiger partial charge in [0.1, 0.15) is 5.82 Å². The first-order valence-electron chi connectivity index (χ1n) is 5.06. The van der Waals surface area contributed by atoms with Crippen LogP contribution in [0.2, 0.25) is 0 Å². The zero-order valence-electron chi connectivity index (χ0n) is 9.17. The molecule has 0 aliphatic heterocycles. The Kier molecular flexibility index (Phi) is 3.74. The Morgan fingerprint density at radius 2 is 2.21 bits per heavy atom. The van der Waals surface area contributed by atoms with Crippen molar-refractivity contribution in [3.05, 3.63) is 17.8 Å². The molecule has 0 saturated heterocycles. The average molecular weight is 193 g/mol. The summed E-state index contributed by atoms with van der Waals surface area (Å²) < 4.78 is 0. The van der Waals surface area contributed by atoms with Crippen LogP contribution in [0.15, 0.2) is 12.3 Å². The number of aryl methyl sites for hydroxylation is 1. The summed E-state index contributed by atoms with van der Waals surface area (Å²) in [6.07, 6.45) is 2.92. The van der Waals surface area contributed by atoms with E-state index in [0.29, 0.717) is 5.92 Å². The van der Waals surface area contributed by atoms with Gasteiger partial charge in [-0.3, -0.25) is 0 Å². The summed E-state index contributed by atoms with van der Waals surface area (Å²) >= 11 is 0. The molecule has 0 saturated carbocycles. The number of anilines is 2. The van der Waals surface area contributed by atoms with Gasteiger partial charge in [0.25, 0.3) is 0 Å². The van der Waals surface area contributed by atoms with Crippen molar-refractivity contribution in [2.75, 3.05) is 17.6 Å². The zero-order chi connectivity index (χ0) is 10.6. The van der Waals surface area contributed by atoms with Gasteiger partial charge in [0.05, 0.1) is 5.69 Å². The van der Waals surface area contributed by atoms with E-state index in [4.69, 9.17) is 5.73 Å². The van der Waals surface area contributed by atoms with Crippen molar-refractivity contribution in [2.24, 2.45) is 5.92 Å². The minimum absolute atomic E-state index is 0.702. The molecule has 0 aliphatic rings.